The van der Waals surface area contributed by atoms with E-state index in [-0.39, 0.29) is 11.9 Å². The first-order valence-corrected chi connectivity index (χ1v) is 8.29. The summed E-state index contributed by atoms with van der Waals surface area (Å²) in [7, 11) is 0. The zero-order valence-corrected chi connectivity index (χ0v) is 14.0. The van der Waals surface area contributed by atoms with Crippen molar-refractivity contribution in [2.75, 3.05) is 18.4 Å². The Labute approximate surface area is 141 Å². The summed E-state index contributed by atoms with van der Waals surface area (Å²) in [5.41, 5.74) is 3.26. The van der Waals surface area contributed by atoms with Crippen LogP contribution < -0.4 is 5.32 Å². The molecule has 1 fully saturated rings. The van der Waals surface area contributed by atoms with Crippen LogP contribution in [0.25, 0.3) is 0 Å². The highest BCUT2D eigenvalue weighted by Gasteiger charge is 2.28. The SMILES string of the molecule is CC(C)c1cc(C(=O)N2CCC(Nc3ccccc3C=N)C2)n[nH]1. The lowest BCUT2D eigenvalue weighted by Crippen LogP contribution is -2.32. The minimum atomic E-state index is -0.0252. The molecule has 1 aromatic heterocycles. The number of carbonyl (C=O) groups excluding carboxylic acids is 1. The average Bonchev–Trinajstić information content (AvgIpc) is 3.24. The van der Waals surface area contributed by atoms with Gasteiger partial charge in [-0.3, -0.25) is 9.89 Å². The largest absolute Gasteiger partial charge is 0.380 e. The van der Waals surface area contributed by atoms with E-state index in [1.807, 2.05) is 35.2 Å². The molecule has 0 aliphatic carbocycles. The van der Waals surface area contributed by atoms with Crippen molar-refractivity contribution >= 4 is 17.8 Å². The molecule has 0 bridgehead atoms. The molecule has 126 valence electrons. The first-order chi connectivity index (χ1) is 11.6. The summed E-state index contributed by atoms with van der Waals surface area (Å²) in [6.07, 6.45) is 2.23. The Bertz CT molecular complexity index is 737. The highest BCUT2D eigenvalue weighted by atomic mass is 16.2. The second-order valence-corrected chi connectivity index (χ2v) is 6.48. The van der Waals surface area contributed by atoms with Crippen LogP contribution in [0.4, 0.5) is 5.69 Å². The molecule has 0 radical (unpaired) electrons. The lowest BCUT2D eigenvalue weighted by molar-refractivity contribution is 0.0786. The fourth-order valence-corrected chi connectivity index (χ4v) is 2.94. The lowest BCUT2D eigenvalue weighted by Gasteiger charge is -2.17. The van der Waals surface area contributed by atoms with E-state index >= 15 is 0 Å². The molecule has 6 nitrogen and oxygen atoms in total. The highest BCUT2D eigenvalue weighted by molar-refractivity contribution is 5.92. The van der Waals surface area contributed by atoms with Crippen molar-refractivity contribution in [1.82, 2.24) is 15.1 Å². The molecule has 3 rings (SSSR count). The monoisotopic (exact) mass is 325 g/mol. The Morgan fingerprint density at radius 1 is 1.46 bits per heavy atom. The third kappa shape index (κ3) is 3.32. The number of likely N-dealkylation sites (tertiary alicyclic amines) is 1. The van der Waals surface area contributed by atoms with E-state index in [0.29, 0.717) is 24.7 Å². The third-order valence-corrected chi connectivity index (χ3v) is 4.39. The van der Waals surface area contributed by atoms with E-state index < -0.39 is 0 Å². The summed E-state index contributed by atoms with van der Waals surface area (Å²) in [5.74, 6) is 0.299. The van der Waals surface area contributed by atoms with Crippen LogP contribution in [-0.4, -0.2) is 46.4 Å². The number of benzene rings is 1. The van der Waals surface area contributed by atoms with Gasteiger partial charge in [0.1, 0.15) is 5.69 Å². The van der Waals surface area contributed by atoms with Gasteiger partial charge in [-0.1, -0.05) is 32.0 Å². The summed E-state index contributed by atoms with van der Waals surface area (Å²) < 4.78 is 0. The number of para-hydroxylation sites is 1. The fraction of sp³-hybridized carbons (Fsp3) is 0.389. The van der Waals surface area contributed by atoms with Crippen LogP contribution in [0.3, 0.4) is 0 Å². The lowest BCUT2D eigenvalue weighted by atomic mass is 10.1. The maximum Gasteiger partial charge on any atom is 0.274 e. The van der Waals surface area contributed by atoms with E-state index in [0.717, 1.165) is 23.4 Å². The Balaban J connectivity index is 1.64. The normalized spacial score (nSPS) is 17.3. The zero-order chi connectivity index (χ0) is 17.1. The van der Waals surface area contributed by atoms with E-state index in [2.05, 4.69) is 29.4 Å². The van der Waals surface area contributed by atoms with E-state index in [9.17, 15) is 4.79 Å². The molecule has 2 heterocycles. The minimum absolute atomic E-state index is 0.0252. The van der Waals surface area contributed by atoms with E-state index in [1.165, 1.54) is 6.21 Å². The van der Waals surface area contributed by atoms with Crippen LogP contribution in [-0.2, 0) is 0 Å². The van der Waals surface area contributed by atoms with Crippen molar-refractivity contribution in [2.24, 2.45) is 0 Å². The number of aromatic nitrogens is 2. The molecule has 1 unspecified atom stereocenters. The second-order valence-electron chi connectivity index (χ2n) is 6.48. The van der Waals surface area contributed by atoms with E-state index in [4.69, 9.17) is 5.41 Å². The minimum Gasteiger partial charge on any atom is -0.380 e. The molecule has 3 N–H and O–H groups in total. The Hall–Kier alpha value is -2.63. The van der Waals surface area contributed by atoms with E-state index in [1.54, 1.807) is 0 Å². The van der Waals surface area contributed by atoms with Gasteiger partial charge in [0.05, 0.1) is 0 Å². The number of hydrogen-bond acceptors (Lipinski definition) is 4. The summed E-state index contributed by atoms with van der Waals surface area (Å²) in [6, 6.07) is 9.78. The Kier molecular flexibility index (Phi) is 4.64. The van der Waals surface area contributed by atoms with Gasteiger partial charge >= 0.3 is 0 Å². The highest BCUT2D eigenvalue weighted by Crippen LogP contribution is 2.20. The molecule has 1 amide bonds. The molecule has 1 atom stereocenters. The third-order valence-electron chi connectivity index (χ3n) is 4.39. The van der Waals surface area contributed by atoms with Crippen LogP contribution in [0.2, 0.25) is 0 Å². The molecule has 1 aromatic carbocycles. The van der Waals surface area contributed by atoms with Crippen molar-refractivity contribution in [1.29, 1.82) is 5.41 Å². The molecule has 0 spiro atoms. The first kappa shape index (κ1) is 16.2. The molecular weight excluding hydrogens is 302 g/mol. The van der Waals surface area contributed by atoms with Gasteiger partial charge in [0.2, 0.25) is 0 Å². The molecule has 1 aliphatic heterocycles. The van der Waals surface area contributed by atoms with Crippen LogP contribution in [0.1, 0.15) is 47.9 Å². The Morgan fingerprint density at radius 2 is 2.25 bits per heavy atom. The smallest absolute Gasteiger partial charge is 0.274 e. The van der Waals surface area contributed by atoms with Crippen LogP contribution >= 0.6 is 0 Å². The van der Waals surface area contributed by atoms with Gasteiger partial charge in [-0.2, -0.15) is 5.10 Å². The summed E-state index contributed by atoms with van der Waals surface area (Å²) >= 11 is 0. The number of aromatic amines is 1. The van der Waals surface area contributed by atoms with Crippen molar-refractivity contribution in [3.8, 4) is 0 Å². The van der Waals surface area contributed by atoms with Crippen molar-refractivity contribution in [2.45, 2.75) is 32.2 Å². The maximum atomic E-state index is 12.6. The molecule has 6 heteroatoms. The summed E-state index contributed by atoms with van der Waals surface area (Å²) in [5, 5.41) is 18.0. The number of rotatable bonds is 5. The summed E-state index contributed by atoms with van der Waals surface area (Å²) in [6.45, 7) is 5.50. The van der Waals surface area contributed by atoms with Gasteiger partial charge in [-0.25, -0.2) is 0 Å². The van der Waals surface area contributed by atoms with Crippen molar-refractivity contribution < 1.29 is 4.79 Å². The molecule has 1 aliphatic rings. The van der Waals surface area contributed by atoms with Crippen molar-refractivity contribution in [3.63, 3.8) is 0 Å². The van der Waals surface area contributed by atoms with Crippen molar-refractivity contribution in [3.05, 3.63) is 47.3 Å². The first-order valence-electron chi connectivity index (χ1n) is 8.29. The number of nitrogens with zero attached hydrogens (tertiary/aromatic N) is 2. The van der Waals surface area contributed by atoms with Crippen LogP contribution in [0.15, 0.2) is 30.3 Å². The Morgan fingerprint density at radius 3 is 2.96 bits per heavy atom. The second kappa shape index (κ2) is 6.86. The van der Waals surface area contributed by atoms with Gasteiger partial charge in [0.25, 0.3) is 5.91 Å². The molecule has 2 aromatic rings. The maximum absolute atomic E-state index is 12.6. The number of amides is 1. The zero-order valence-electron chi connectivity index (χ0n) is 14.0. The topological polar surface area (TPSA) is 84.9 Å². The number of carbonyl (C=O) groups is 1. The van der Waals surface area contributed by atoms with Gasteiger partial charge in [0.15, 0.2) is 0 Å². The number of anilines is 1. The molecule has 1 saturated heterocycles. The van der Waals surface area contributed by atoms with Crippen LogP contribution in [0, 0.1) is 5.41 Å². The van der Waals surface area contributed by atoms with Crippen LogP contribution in [0.5, 0.6) is 0 Å². The molecule has 0 saturated carbocycles. The number of nitrogens with one attached hydrogen (secondary N) is 3. The predicted octanol–water partition coefficient (Wildman–Crippen LogP) is 2.86. The predicted molar refractivity (Wildman–Crippen MR) is 94.9 cm³/mol. The quantitative estimate of drug-likeness (QED) is 0.739. The molecular formula is C18H23N5O. The van der Waals surface area contributed by atoms with Gasteiger partial charge in [-0.15, -0.1) is 0 Å². The number of hydrogen-bond donors (Lipinski definition) is 3. The summed E-state index contributed by atoms with van der Waals surface area (Å²) in [4.78, 5) is 14.4. The van der Waals surface area contributed by atoms with Gasteiger partial charge < -0.3 is 15.6 Å². The number of H-pyrrole nitrogens is 1. The van der Waals surface area contributed by atoms with Gasteiger partial charge in [0, 0.05) is 42.3 Å². The average molecular weight is 325 g/mol. The fourth-order valence-electron chi connectivity index (χ4n) is 2.94. The standard InChI is InChI=1S/C18H23N5O/c1-12(2)16-9-17(22-21-16)18(24)23-8-7-14(11-23)20-15-6-4-3-5-13(15)10-19/h3-6,9-10,12,14,19-20H,7-8,11H2,1-2H3,(H,21,22). The molecule has 24 heavy (non-hydrogen) atoms. The van der Waals surface area contributed by atoms with Gasteiger partial charge in [-0.05, 0) is 24.5 Å².